The van der Waals surface area contributed by atoms with Gasteiger partial charge in [0, 0.05) is 31.9 Å². The van der Waals surface area contributed by atoms with E-state index in [1.807, 2.05) is 52.9 Å². The molecule has 150 valence electrons. The average Bonchev–Trinajstić information content (AvgIpc) is 3.07. The first kappa shape index (κ1) is 19.6. The number of piperazine rings is 1. The Labute approximate surface area is 176 Å². The molecule has 0 aliphatic carbocycles. The normalized spacial score (nSPS) is 14.3. The standard InChI is InChI=1S/C23H26N4OS/c1-18-23(19(2)27(24-18)21-11-7-4-8-12-21)29-17-22(28)26-15-13-25(14-16-26)20-9-5-3-6-10-20/h3-12H,13-17H2,1-2H3. The highest BCUT2D eigenvalue weighted by molar-refractivity contribution is 8.00. The number of hydrogen-bond donors (Lipinski definition) is 0. The second-order valence-corrected chi connectivity index (χ2v) is 8.22. The molecule has 29 heavy (non-hydrogen) atoms. The zero-order valence-electron chi connectivity index (χ0n) is 16.9. The lowest BCUT2D eigenvalue weighted by Crippen LogP contribution is -2.49. The van der Waals surface area contributed by atoms with Crippen molar-refractivity contribution in [3.05, 3.63) is 72.1 Å². The van der Waals surface area contributed by atoms with E-state index in [9.17, 15) is 4.79 Å². The third-order valence-electron chi connectivity index (χ3n) is 5.32. The van der Waals surface area contributed by atoms with Gasteiger partial charge in [-0.1, -0.05) is 36.4 Å². The van der Waals surface area contributed by atoms with Crippen LogP contribution in [0.15, 0.2) is 65.6 Å². The van der Waals surface area contributed by atoms with Gasteiger partial charge in [0.15, 0.2) is 0 Å². The molecule has 1 aliphatic heterocycles. The number of aryl methyl sites for hydroxylation is 1. The number of anilines is 1. The van der Waals surface area contributed by atoms with Crippen molar-refractivity contribution in [1.29, 1.82) is 0 Å². The van der Waals surface area contributed by atoms with E-state index in [0.29, 0.717) is 5.75 Å². The number of aromatic nitrogens is 2. The van der Waals surface area contributed by atoms with Crippen LogP contribution < -0.4 is 4.90 Å². The van der Waals surface area contributed by atoms with E-state index in [0.717, 1.165) is 48.1 Å². The second-order valence-electron chi connectivity index (χ2n) is 7.24. The number of benzene rings is 2. The molecule has 5 nitrogen and oxygen atoms in total. The van der Waals surface area contributed by atoms with E-state index in [-0.39, 0.29) is 5.91 Å². The van der Waals surface area contributed by atoms with Gasteiger partial charge in [-0.2, -0.15) is 5.10 Å². The van der Waals surface area contributed by atoms with Gasteiger partial charge >= 0.3 is 0 Å². The number of nitrogens with zero attached hydrogens (tertiary/aromatic N) is 4. The van der Waals surface area contributed by atoms with E-state index in [1.165, 1.54) is 5.69 Å². The van der Waals surface area contributed by atoms with Crippen molar-refractivity contribution in [3.63, 3.8) is 0 Å². The van der Waals surface area contributed by atoms with Crippen LogP contribution in [-0.2, 0) is 4.79 Å². The Hall–Kier alpha value is -2.73. The first-order valence-corrected chi connectivity index (χ1v) is 10.9. The third kappa shape index (κ3) is 4.32. The van der Waals surface area contributed by atoms with Gasteiger partial charge in [-0.15, -0.1) is 11.8 Å². The molecule has 0 radical (unpaired) electrons. The van der Waals surface area contributed by atoms with Gasteiger partial charge in [0.25, 0.3) is 0 Å². The summed E-state index contributed by atoms with van der Waals surface area (Å²) in [5.41, 5.74) is 4.33. The van der Waals surface area contributed by atoms with Gasteiger partial charge in [-0.05, 0) is 38.1 Å². The quantitative estimate of drug-likeness (QED) is 0.602. The van der Waals surface area contributed by atoms with Gasteiger partial charge in [0.05, 0.1) is 27.7 Å². The van der Waals surface area contributed by atoms with Gasteiger partial charge in [0.2, 0.25) is 5.91 Å². The molecule has 1 fully saturated rings. The summed E-state index contributed by atoms with van der Waals surface area (Å²) in [6.07, 6.45) is 0. The van der Waals surface area contributed by atoms with Crippen molar-refractivity contribution in [1.82, 2.24) is 14.7 Å². The second kappa shape index (κ2) is 8.74. The fraction of sp³-hybridized carbons (Fsp3) is 0.304. The maximum atomic E-state index is 12.8. The highest BCUT2D eigenvalue weighted by atomic mass is 32.2. The predicted molar refractivity (Wildman–Crippen MR) is 119 cm³/mol. The van der Waals surface area contributed by atoms with Crippen LogP contribution in [0.1, 0.15) is 11.4 Å². The van der Waals surface area contributed by atoms with Crippen LogP contribution in [0, 0.1) is 13.8 Å². The molecule has 0 unspecified atom stereocenters. The molecule has 2 heterocycles. The summed E-state index contributed by atoms with van der Waals surface area (Å²) in [4.78, 5) is 18.2. The molecule has 6 heteroatoms. The van der Waals surface area contributed by atoms with Crippen LogP contribution in [0.3, 0.4) is 0 Å². The van der Waals surface area contributed by atoms with Crippen LogP contribution >= 0.6 is 11.8 Å². The van der Waals surface area contributed by atoms with E-state index < -0.39 is 0 Å². The molecule has 0 spiro atoms. The lowest BCUT2D eigenvalue weighted by molar-refractivity contribution is -0.128. The van der Waals surface area contributed by atoms with Crippen molar-refractivity contribution in [2.24, 2.45) is 0 Å². The summed E-state index contributed by atoms with van der Waals surface area (Å²) in [7, 11) is 0. The maximum absolute atomic E-state index is 12.8. The number of para-hydroxylation sites is 2. The van der Waals surface area contributed by atoms with Crippen molar-refractivity contribution in [2.75, 3.05) is 36.8 Å². The number of thioether (sulfide) groups is 1. The van der Waals surface area contributed by atoms with Crippen LogP contribution in [0.4, 0.5) is 5.69 Å². The Bertz CT molecular complexity index is 963. The highest BCUT2D eigenvalue weighted by Gasteiger charge is 2.22. The lowest BCUT2D eigenvalue weighted by Gasteiger charge is -2.36. The zero-order valence-corrected chi connectivity index (χ0v) is 17.7. The van der Waals surface area contributed by atoms with E-state index >= 15 is 0 Å². The van der Waals surface area contributed by atoms with E-state index in [4.69, 9.17) is 0 Å². The van der Waals surface area contributed by atoms with Crippen LogP contribution in [0.25, 0.3) is 5.69 Å². The van der Waals surface area contributed by atoms with Crippen LogP contribution in [-0.4, -0.2) is 52.5 Å². The zero-order chi connectivity index (χ0) is 20.2. The molecule has 4 rings (SSSR count). The summed E-state index contributed by atoms with van der Waals surface area (Å²) in [6, 6.07) is 20.5. The monoisotopic (exact) mass is 406 g/mol. The predicted octanol–water partition coefficient (Wildman–Crippen LogP) is 3.93. The number of carbonyl (C=O) groups is 1. The topological polar surface area (TPSA) is 41.4 Å². The fourth-order valence-corrected chi connectivity index (χ4v) is 4.73. The number of rotatable bonds is 5. The average molecular weight is 407 g/mol. The number of hydrogen-bond acceptors (Lipinski definition) is 4. The summed E-state index contributed by atoms with van der Waals surface area (Å²) < 4.78 is 1.96. The number of carbonyl (C=O) groups excluding carboxylic acids is 1. The van der Waals surface area contributed by atoms with Crippen molar-refractivity contribution >= 4 is 23.4 Å². The molecule has 1 amide bonds. The Morgan fingerprint density at radius 2 is 1.48 bits per heavy atom. The van der Waals surface area contributed by atoms with E-state index in [2.05, 4.69) is 41.2 Å². The maximum Gasteiger partial charge on any atom is 0.233 e. The molecule has 2 aromatic carbocycles. The minimum atomic E-state index is 0.203. The molecule has 1 saturated heterocycles. The molecule has 0 saturated carbocycles. The molecule has 0 N–H and O–H groups in total. The Balaban J connectivity index is 1.35. The largest absolute Gasteiger partial charge is 0.368 e. The van der Waals surface area contributed by atoms with Crippen molar-refractivity contribution in [2.45, 2.75) is 18.7 Å². The fourth-order valence-electron chi connectivity index (χ4n) is 3.74. The molecule has 1 aliphatic rings. The van der Waals surface area contributed by atoms with Gasteiger partial charge < -0.3 is 9.80 Å². The molecule has 1 aromatic heterocycles. The minimum absolute atomic E-state index is 0.203. The van der Waals surface area contributed by atoms with Gasteiger partial charge in [0.1, 0.15) is 0 Å². The summed E-state index contributed by atoms with van der Waals surface area (Å²) in [5, 5.41) is 4.68. The summed E-state index contributed by atoms with van der Waals surface area (Å²) >= 11 is 1.60. The number of amides is 1. The van der Waals surface area contributed by atoms with Crippen LogP contribution in [0.5, 0.6) is 0 Å². The van der Waals surface area contributed by atoms with Gasteiger partial charge in [-0.25, -0.2) is 4.68 Å². The van der Waals surface area contributed by atoms with Crippen molar-refractivity contribution < 1.29 is 4.79 Å². The highest BCUT2D eigenvalue weighted by Crippen LogP contribution is 2.28. The van der Waals surface area contributed by atoms with E-state index in [1.54, 1.807) is 11.8 Å². The van der Waals surface area contributed by atoms with Crippen LogP contribution in [0.2, 0.25) is 0 Å². The molecule has 3 aromatic rings. The molecular formula is C23H26N4OS. The lowest BCUT2D eigenvalue weighted by atomic mass is 10.2. The third-order valence-corrected chi connectivity index (χ3v) is 6.59. The Morgan fingerprint density at radius 3 is 2.10 bits per heavy atom. The summed E-state index contributed by atoms with van der Waals surface area (Å²) in [6.45, 7) is 7.39. The minimum Gasteiger partial charge on any atom is -0.368 e. The Kier molecular flexibility index (Phi) is 5.90. The van der Waals surface area contributed by atoms with Gasteiger partial charge in [-0.3, -0.25) is 4.79 Å². The molecular weight excluding hydrogens is 380 g/mol. The first-order valence-electron chi connectivity index (χ1n) is 9.95. The molecule has 0 atom stereocenters. The first-order chi connectivity index (χ1) is 14.1. The smallest absolute Gasteiger partial charge is 0.233 e. The SMILES string of the molecule is Cc1nn(-c2ccccc2)c(C)c1SCC(=O)N1CCN(c2ccccc2)CC1. The summed E-state index contributed by atoms with van der Waals surface area (Å²) in [5.74, 6) is 0.655. The molecule has 0 bridgehead atoms. The van der Waals surface area contributed by atoms with Crippen molar-refractivity contribution in [3.8, 4) is 5.69 Å². The Morgan fingerprint density at radius 1 is 0.897 bits per heavy atom.